The van der Waals surface area contributed by atoms with E-state index in [1.54, 1.807) is 0 Å². The molecule has 0 amide bonds. The maximum atomic E-state index is 11.7. The lowest BCUT2D eigenvalue weighted by Crippen LogP contribution is -2.33. The van der Waals surface area contributed by atoms with E-state index in [2.05, 4.69) is 41.5 Å². The Morgan fingerprint density at radius 3 is 1.80 bits per heavy atom. The van der Waals surface area contributed by atoms with E-state index in [0.717, 1.165) is 19.4 Å². The monoisotopic (exact) mass is 377 g/mol. The van der Waals surface area contributed by atoms with Crippen LogP contribution in [0.15, 0.2) is 0 Å². The summed E-state index contributed by atoms with van der Waals surface area (Å²) in [6, 6.07) is 0. The second kappa shape index (κ2) is 11.0. The van der Waals surface area contributed by atoms with E-state index < -0.39 is 13.2 Å². The summed E-state index contributed by atoms with van der Waals surface area (Å²) in [5.74, 6) is 0.642. The third kappa shape index (κ3) is 10.0. The first-order valence-electron chi connectivity index (χ1n) is 9.73. The SMILES string of the molecule is CCC(CC)COCC(C)(C)COCC(C)(C)CC(C)(CC)[P+](=O)O. The summed E-state index contributed by atoms with van der Waals surface area (Å²) in [5, 5.41) is -0.545. The molecule has 0 heterocycles. The summed E-state index contributed by atoms with van der Waals surface area (Å²) >= 11 is 0. The fourth-order valence-electron chi connectivity index (χ4n) is 3.08. The Morgan fingerprint density at radius 2 is 1.36 bits per heavy atom. The van der Waals surface area contributed by atoms with Gasteiger partial charge in [-0.1, -0.05) is 61.3 Å². The van der Waals surface area contributed by atoms with Gasteiger partial charge < -0.3 is 9.47 Å². The zero-order valence-electron chi connectivity index (χ0n) is 17.9. The van der Waals surface area contributed by atoms with Crippen molar-refractivity contribution in [3.05, 3.63) is 0 Å². The molecule has 0 saturated carbocycles. The standard InChI is InChI=1S/C20H41O4P/c1-9-17(10-2)12-23-15-19(6,7)16-24-14-18(4,5)13-20(8,11-3)25(21)22/h17H,9-16H2,1-8H3/p+1. The molecule has 5 heteroatoms. The molecule has 25 heavy (non-hydrogen) atoms. The van der Waals surface area contributed by atoms with E-state index in [0.29, 0.717) is 38.6 Å². The quantitative estimate of drug-likeness (QED) is 0.389. The van der Waals surface area contributed by atoms with Crippen LogP contribution in [0.25, 0.3) is 0 Å². The van der Waals surface area contributed by atoms with E-state index in [1.807, 2.05) is 13.8 Å². The maximum absolute atomic E-state index is 11.7. The van der Waals surface area contributed by atoms with Crippen molar-refractivity contribution in [2.24, 2.45) is 16.7 Å². The molecule has 0 aromatic heterocycles. The largest absolute Gasteiger partial charge is 0.511 e. The molecule has 150 valence electrons. The maximum Gasteiger partial charge on any atom is 0.511 e. The molecule has 0 spiro atoms. The van der Waals surface area contributed by atoms with E-state index in [1.165, 1.54) is 0 Å². The van der Waals surface area contributed by atoms with Crippen molar-refractivity contribution in [2.75, 3.05) is 26.4 Å². The molecular formula is C20H42O4P+. The number of ether oxygens (including phenoxy) is 2. The molecular weight excluding hydrogens is 335 g/mol. The fourth-order valence-corrected chi connectivity index (χ4v) is 3.92. The van der Waals surface area contributed by atoms with Crippen molar-refractivity contribution < 1.29 is 18.9 Å². The van der Waals surface area contributed by atoms with Gasteiger partial charge in [-0.05, 0) is 29.2 Å². The fraction of sp³-hybridized carbons (Fsp3) is 1.00. The summed E-state index contributed by atoms with van der Waals surface area (Å²) in [5.41, 5.74) is -0.163. The average Bonchev–Trinajstić information content (AvgIpc) is 2.50. The van der Waals surface area contributed by atoms with Crippen molar-refractivity contribution in [1.29, 1.82) is 0 Å². The van der Waals surface area contributed by atoms with Crippen molar-refractivity contribution in [1.82, 2.24) is 0 Å². The number of hydrogen-bond acceptors (Lipinski definition) is 3. The van der Waals surface area contributed by atoms with Gasteiger partial charge in [0.05, 0.1) is 19.8 Å². The van der Waals surface area contributed by atoms with Crippen molar-refractivity contribution >= 4 is 8.03 Å². The smallest absolute Gasteiger partial charge is 0.381 e. The second-order valence-electron chi connectivity index (χ2n) is 9.32. The van der Waals surface area contributed by atoms with Crippen LogP contribution in [-0.2, 0) is 14.0 Å². The molecule has 0 rings (SSSR count). The normalized spacial score (nSPS) is 16.2. The minimum absolute atomic E-state index is 0.0295. The van der Waals surface area contributed by atoms with Crippen LogP contribution < -0.4 is 0 Å². The van der Waals surface area contributed by atoms with Gasteiger partial charge in [0.1, 0.15) is 0 Å². The molecule has 0 bridgehead atoms. The van der Waals surface area contributed by atoms with Gasteiger partial charge in [0.2, 0.25) is 0 Å². The molecule has 0 fully saturated rings. The number of hydrogen-bond donors (Lipinski definition) is 1. The Labute approximate surface area is 156 Å². The minimum atomic E-state index is -2.19. The second-order valence-corrected chi connectivity index (χ2v) is 10.9. The topological polar surface area (TPSA) is 55.8 Å². The highest BCUT2D eigenvalue weighted by molar-refractivity contribution is 7.40. The molecule has 0 aromatic rings. The molecule has 0 saturated heterocycles. The molecule has 0 radical (unpaired) electrons. The highest BCUT2D eigenvalue weighted by Crippen LogP contribution is 2.46. The van der Waals surface area contributed by atoms with E-state index in [4.69, 9.17) is 9.47 Å². The van der Waals surface area contributed by atoms with Gasteiger partial charge in [0, 0.05) is 18.4 Å². The van der Waals surface area contributed by atoms with E-state index in [-0.39, 0.29) is 10.8 Å². The van der Waals surface area contributed by atoms with Gasteiger partial charge in [-0.3, -0.25) is 0 Å². The van der Waals surface area contributed by atoms with Crippen molar-refractivity contribution in [3.8, 4) is 0 Å². The lowest BCUT2D eigenvalue weighted by Gasteiger charge is -2.31. The van der Waals surface area contributed by atoms with E-state index >= 15 is 0 Å². The van der Waals surface area contributed by atoms with Crippen LogP contribution in [0.2, 0.25) is 0 Å². The molecule has 0 aliphatic carbocycles. The molecule has 4 nitrogen and oxygen atoms in total. The molecule has 0 aliphatic rings. The molecule has 2 unspecified atom stereocenters. The van der Waals surface area contributed by atoms with Gasteiger partial charge in [0.15, 0.2) is 5.16 Å². The third-order valence-electron chi connectivity index (χ3n) is 5.07. The van der Waals surface area contributed by atoms with Gasteiger partial charge in [-0.2, -0.15) is 4.89 Å². The summed E-state index contributed by atoms with van der Waals surface area (Å²) in [6.45, 7) is 19.5. The Morgan fingerprint density at radius 1 is 0.880 bits per heavy atom. The van der Waals surface area contributed by atoms with Crippen molar-refractivity contribution in [2.45, 2.75) is 86.2 Å². The summed E-state index contributed by atoms with van der Waals surface area (Å²) in [4.78, 5) is 9.62. The first-order valence-corrected chi connectivity index (χ1v) is 10.9. The Bertz CT molecular complexity index is 391. The molecule has 0 aromatic carbocycles. The zero-order valence-corrected chi connectivity index (χ0v) is 18.7. The molecule has 1 N–H and O–H groups in total. The first-order chi connectivity index (χ1) is 11.4. The lowest BCUT2D eigenvalue weighted by molar-refractivity contribution is -0.0345. The van der Waals surface area contributed by atoms with Crippen LogP contribution in [0.4, 0.5) is 0 Å². The minimum Gasteiger partial charge on any atom is -0.381 e. The molecule has 2 atom stereocenters. The summed E-state index contributed by atoms with van der Waals surface area (Å²) in [6.07, 6.45) is 3.68. The van der Waals surface area contributed by atoms with Crippen LogP contribution in [0.5, 0.6) is 0 Å². The van der Waals surface area contributed by atoms with Crippen LogP contribution in [-0.4, -0.2) is 36.5 Å². The van der Waals surface area contributed by atoms with Gasteiger partial charge in [-0.25, -0.2) is 0 Å². The van der Waals surface area contributed by atoms with Crippen LogP contribution >= 0.6 is 8.03 Å². The van der Waals surface area contributed by atoms with Gasteiger partial charge >= 0.3 is 8.03 Å². The predicted molar refractivity (Wildman–Crippen MR) is 106 cm³/mol. The zero-order chi connectivity index (χ0) is 19.7. The first kappa shape index (κ1) is 25.0. The Hall–Kier alpha value is -0.0200. The van der Waals surface area contributed by atoms with Gasteiger partial charge in [-0.15, -0.1) is 0 Å². The Kier molecular flexibility index (Phi) is 11.0. The highest BCUT2D eigenvalue weighted by atomic mass is 31.1. The van der Waals surface area contributed by atoms with Crippen LogP contribution in [0.3, 0.4) is 0 Å². The predicted octanol–water partition coefficient (Wildman–Crippen LogP) is 5.80. The number of rotatable bonds is 14. The van der Waals surface area contributed by atoms with Crippen LogP contribution in [0.1, 0.15) is 81.1 Å². The summed E-state index contributed by atoms with van der Waals surface area (Å²) in [7, 11) is -2.19. The summed E-state index contributed by atoms with van der Waals surface area (Å²) < 4.78 is 23.6. The van der Waals surface area contributed by atoms with Crippen LogP contribution in [0, 0.1) is 16.7 Å². The lowest BCUT2D eigenvalue weighted by atomic mass is 9.82. The third-order valence-corrected chi connectivity index (χ3v) is 6.47. The van der Waals surface area contributed by atoms with E-state index in [9.17, 15) is 9.46 Å². The average molecular weight is 378 g/mol. The highest BCUT2D eigenvalue weighted by Gasteiger charge is 2.46. The van der Waals surface area contributed by atoms with Gasteiger partial charge in [0.25, 0.3) is 0 Å². The Balaban J connectivity index is 4.35. The molecule has 0 aliphatic heterocycles. The van der Waals surface area contributed by atoms with Crippen molar-refractivity contribution in [3.63, 3.8) is 0 Å².